The highest BCUT2D eigenvalue weighted by atomic mass is 35.5. The third-order valence-electron chi connectivity index (χ3n) is 3.52. The molecule has 0 amide bonds. The third-order valence-corrected chi connectivity index (χ3v) is 3.77. The molecule has 1 rings (SSSR count). The minimum Gasteiger partial charge on any atom is -0.469 e. The van der Waals surface area contributed by atoms with Crippen LogP contribution in [-0.2, 0) is 9.53 Å². The predicted octanol–water partition coefficient (Wildman–Crippen LogP) is 2.69. The molecule has 20 heavy (non-hydrogen) atoms. The quantitative estimate of drug-likeness (QED) is 0.760. The zero-order valence-corrected chi connectivity index (χ0v) is 12.9. The van der Waals surface area contributed by atoms with E-state index in [4.69, 9.17) is 16.3 Å². The van der Waals surface area contributed by atoms with Gasteiger partial charge in [0.15, 0.2) is 0 Å². The molecule has 2 atom stereocenters. The number of methoxy groups -OCH3 is 1. The van der Waals surface area contributed by atoms with Crippen molar-refractivity contribution in [3.8, 4) is 0 Å². The molecule has 2 unspecified atom stereocenters. The van der Waals surface area contributed by atoms with E-state index in [1.165, 1.54) is 7.11 Å². The molecule has 0 saturated carbocycles. The Bertz CT molecular complexity index is 435. The van der Waals surface area contributed by atoms with Crippen LogP contribution in [0, 0.1) is 0 Å². The van der Waals surface area contributed by atoms with E-state index in [9.17, 15) is 9.90 Å². The van der Waals surface area contributed by atoms with E-state index < -0.39 is 6.10 Å². The highest BCUT2D eigenvalue weighted by Gasteiger charge is 2.26. The van der Waals surface area contributed by atoms with Crippen LogP contribution in [0.2, 0.25) is 5.02 Å². The first-order valence-electron chi connectivity index (χ1n) is 6.65. The number of carbonyl (C=O) groups excluding carboxylic acids is 1. The van der Waals surface area contributed by atoms with Gasteiger partial charge in [-0.05, 0) is 31.0 Å². The summed E-state index contributed by atoms with van der Waals surface area (Å²) < 4.78 is 4.70. The molecule has 5 heteroatoms. The van der Waals surface area contributed by atoms with Gasteiger partial charge >= 0.3 is 5.97 Å². The maximum Gasteiger partial charge on any atom is 0.307 e. The van der Waals surface area contributed by atoms with Crippen LogP contribution in [0.15, 0.2) is 24.3 Å². The van der Waals surface area contributed by atoms with Crippen molar-refractivity contribution >= 4 is 17.6 Å². The summed E-state index contributed by atoms with van der Waals surface area (Å²) in [7, 11) is 1.38. The van der Waals surface area contributed by atoms with Crippen LogP contribution in [0.5, 0.6) is 0 Å². The van der Waals surface area contributed by atoms with E-state index in [2.05, 4.69) is 5.32 Å². The van der Waals surface area contributed by atoms with Gasteiger partial charge in [0.2, 0.25) is 0 Å². The van der Waals surface area contributed by atoms with Crippen molar-refractivity contribution in [3.05, 3.63) is 34.9 Å². The number of esters is 1. The van der Waals surface area contributed by atoms with Crippen molar-refractivity contribution in [2.75, 3.05) is 13.7 Å². The molecular formula is C15H22ClNO3. The summed E-state index contributed by atoms with van der Waals surface area (Å²) in [6.07, 6.45) is 0.388. The van der Waals surface area contributed by atoms with Crippen LogP contribution in [-0.4, -0.2) is 30.3 Å². The van der Waals surface area contributed by atoms with E-state index in [0.29, 0.717) is 11.6 Å². The van der Waals surface area contributed by atoms with E-state index in [0.717, 1.165) is 12.0 Å². The van der Waals surface area contributed by atoms with Crippen LogP contribution in [0.3, 0.4) is 0 Å². The van der Waals surface area contributed by atoms with Gasteiger partial charge in [0.25, 0.3) is 0 Å². The second kappa shape index (κ2) is 7.62. The molecule has 2 N–H and O–H groups in total. The summed E-state index contributed by atoms with van der Waals surface area (Å²) in [6.45, 7) is 4.30. The summed E-state index contributed by atoms with van der Waals surface area (Å²) in [5, 5.41) is 14.0. The Kier molecular flexibility index (Phi) is 6.46. The average molecular weight is 300 g/mol. The number of aliphatic hydroxyl groups is 1. The van der Waals surface area contributed by atoms with Gasteiger partial charge < -0.3 is 15.2 Å². The minimum atomic E-state index is -0.643. The van der Waals surface area contributed by atoms with Gasteiger partial charge in [0, 0.05) is 17.1 Å². The molecule has 0 bridgehead atoms. The van der Waals surface area contributed by atoms with Crippen molar-refractivity contribution in [2.24, 2.45) is 0 Å². The van der Waals surface area contributed by atoms with Crippen molar-refractivity contribution in [3.63, 3.8) is 0 Å². The van der Waals surface area contributed by atoms with E-state index >= 15 is 0 Å². The normalized spacial score (nSPS) is 15.4. The number of β-amino-alcohol motifs (C(OH)–C–C–N with tert-alkyl or cyclic N) is 1. The monoisotopic (exact) mass is 299 g/mol. The average Bonchev–Trinajstić information content (AvgIpc) is 2.45. The lowest BCUT2D eigenvalue weighted by molar-refractivity contribution is -0.142. The number of carbonyl (C=O) groups is 1. The standard InChI is InChI=1S/C15H22ClNO3/c1-4-15(2,9-14(19)20-3)17-10-13(18)11-5-7-12(16)8-6-11/h5-8,13,17-18H,4,9-10H2,1-3H3. The predicted molar refractivity (Wildman–Crippen MR) is 79.7 cm³/mol. The Morgan fingerprint density at radius 2 is 2.05 bits per heavy atom. The summed E-state index contributed by atoms with van der Waals surface area (Å²) in [4.78, 5) is 11.4. The summed E-state index contributed by atoms with van der Waals surface area (Å²) in [5.74, 6) is -0.261. The largest absolute Gasteiger partial charge is 0.469 e. The van der Waals surface area contributed by atoms with Crippen LogP contribution in [0.25, 0.3) is 0 Å². The van der Waals surface area contributed by atoms with Crippen LogP contribution >= 0.6 is 11.6 Å². The fourth-order valence-electron chi connectivity index (χ4n) is 1.85. The van der Waals surface area contributed by atoms with Gasteiger partial charge in [0.05, 0.1) is 19.6 Å². The number of hydrogen-bond donors (Lipinski definition) is 2. The summed E-state index contributed by atoms with van der Waals surface area (Å²) >= 11 is 5.81. The van der Waals surface area contributed by atoms with Crippen molar-refractivity contribution in [1.29, 1.82) is 0 Å². The van der Waals surface area contributed by atoms with Gasteiger partial charge in [0.1, 0.15) is 0 Å². The van der Waals surface area contributed by atoms with E-state index in [-0.39, 0.29) is 17.9 Å². The van der Waals surface area contributed by atoms with Crippen LogP contribution < -0.4 is 5.32 Å². The van der Waals surface area contributed by atoms with Gasteiger partial charge in [-0.1, -0.05) is 30.7 Å². The Morgan fingerprint density at radius 3 is 2.55 bits per heavy atom. The topological polar surface area (TPSA) is 58.6 Å². The molecule has 0 aliphatic heterocycles. The maximum atomic E-state index is 11.4. The first kappa shape index (κ1) is 17.0. The fraction of sp³-hybridized carbons (Fsp3) is 0.533. The molecule has 0 aliphatic rings. The first-order valence-corrected chi connectivity index (χ1v) is 7.03. The molecule has 1 aromatic rings. The minimum absolute atomic E-state index is 0.261. The SMILES string of the molecule is CCC(C)(CC(=O)OC)NCC(O)c1ccc(Cl)cc1. The van der Waals surface area contributed by atoms with Gasteiger partial charge in [-0.25, -0.2) is 0 Å². The lowest BCUT2D eigenvalue weighted by atomic mass is 9.94. The number of benzene rings is 1. The van der Waals surface area contributed by atoms with Crippen molar-refractivity contribution in [2.45, 2.75) is 38.3 Å². The van der Waals surface area contributed by atoms with Crippen molar-refractivity contribution < 1.29 is 14.6 Å². The highest BCUT2D eigenvalue weighted by molar-refractivity contribution is 6.30. The molecular weight excluding hydrogens is 278 g/mol. The number of aliphatic hydroxyl groups excluding tert-OH is 1. The van der Waals surface area contributed by atoms with E-state index in [1.807, 2.05) is 13.8 Å². The number of rotatable bonds is 7. The van der Waals surface area contributed by atoms with Crippen LogP contribution in [0.1, 0.15) is 38.4 Å². The highest BCUT2D eigenvalue weighted by Crippen LogP contribution is 2.19. The molecule has 112 valence electrons. The number of halogens is 1. The Morgan fingerprint density at radius 1 is 1.45 bits per heavy atom. The Balaban J connectivity index is 2.59. The smallest absolute Gasteiger partial charge is 0.307 e. The lowest BCUT2D eigenvalue weighted by Crippen LogP contribution is -2.45. The van der Waals surface area contributed by atoms with Crippen molar-refractivity contribution in [1.82, 2.24) is 5.32 Å². The Labute approximate surface area is 125 Å². The van der Waals surface area contributed by atoms with E-state index in [1.54, 1.807) is 24.3 Å². The molecule has 0 radical (unpaired) electrons. The third kappa shape index (κ3) is 5.12. The first-order chi connectivity index (χ1) is 9.40. The van der Waals surface area contributed by atoms with Gasteiger partial charge in [-0.3, -0.25) is 4.79 Å². The molecule has 1 aromatic carbocycles. The molecule has 0 fully saturated rings. The fourth-order valence-corrected chi connectivity index (χ4v) is 1.98. The molecule has 0 aliphatic carbocycles. The zero-order valence-electron chi connectivity index (χ0n) is 12.1. The second-order valence-corrected chi connectivity index (χ2v) is 5.55. The zero-order chi connectivity index (χ0) is 15.2. The molecule has 0 spiro atoms. The molecule has 0 saturated heterocycles. The molecule has 4 nitrogen and oxygen atoms in total. The van der Waals surface area contributed by atoms with Gasteiger partial charge in [-0.15, -0.1) is 0 Å². The number of hydrogen-bond acceptors (Lipinski definition) is 4. The second-order valence-electron chi connectivity index (χ2n) is 5.12. The lowest BCUT2D eigenvalue weighted by Gasteiger charge is -2.30. The summed E-state index contributed by atoms with van der Waals surface area (Å²) in [5.41, 5.74) is 0.402. The van der Waals surface area contributed by atoms with Gasteiger partial charge in [-0.2, -0.15) is 0 Å². The number of nitrogens with one attached hydrogen (secondary N) is 1. The number of ether oxygens (including phenoxy) is 1. The Hall–Kier alpha value is -1.10. The summed E-state index contributed by atoms with van der Waals surface area (Å²) in [6, 6.07) is 7.07. The molecule has 0 aromatic heterocycles. The molecule has 0 heterocycles. The van der Waals surface area contributed by atoms with Crippen LogP contribution in [0.4, 0.5) is 0 Å². The maximum absolute atomic E-state index is 11.4.